The molecule has 0 saturated heterocycles. The van der Waals surface area contributed by atoms with Gasteiger partial charge >= 0.3 is 0 Å². The average molecular weight is 724 g/mol. The molecule has 0 fully saturated rings. The fourth-order valence-corrected chi connectivity index (χ4v) is 9.93. The minimum atomic E-state index is -0.530. The van der Waals surface area contributed by atoms with Gasteiger partial charge in [-0.1, -0.05) is 163 Å². The molecule has 3 heterocycles. The van der Waals surface area contributed by atoms with Crippen molar-refractivity contribution < 1.29 is 0 Å². The molecule has 0 spiro atoms. The van der Waals surface area contributed by atoms with E-state index in [1.807, 2.05) is 42.5 Å². The van der Waals surface area contributed by atoms with Gasteiger partial charge in [-0.15, -0.1) is 0 Å². The van der Waals surface area contributed by atoms with E-state index in [-0.39, 0.29) is 12.0 Å². The Labute approximate surface area is 330 Å². The molecule has 1 aliphatic carbocycles. The maximum Gasteiger partial charge on any atom is 0.234 e. The molecule has 0 saturated carbocycles. The smallest absolute Gasteiger partial charge is 0.234 e. The van der Waals surface area contributed by atoms with Gasteiger partial charge in [0.05, 0.1) is 52.2 Å². The third kappa shape index (κ3) is 4.49. The molecule has 0 N–H and O–H groups in total. The molecule has 7 aromatic carbocycles. The standard InChI is InChI=1S/C51H30BN5/c1-55-49-48(52-42-24-10-4-18-34(42)32-16-2-3-17-33(32)35-19-5-11-25-43(35)52)40(30-53)50(56-44-26-12-6-20-36(44)37-21-7-13-27-45(37)56)41(31-54)51(49)57-46-28-14-8-22-38(46)39-23-9-15-29-47(39)57/h2-29,38,46H. The normalized spacial score (nSPS) is 15.8. The van der Waals surface area contributed by atoms with Crippen LogP contribution in [0.4, 0.5) is 17.1 Å². The Morgan fingerprint density at radius 3 is 1.70 bits per heavy atom. The van der Waals surface area contributed by atoms with Crippen LogP contribution >= 0.6 is 0 Å². The second-order valence-corrected chi connectivity index (χ2v) is 14.8. The predicted octanol–water partition coefficient (Wildman–Crippen LogP) is 9.97. The Balaban J connectivity index is 1.37. The van der Waals surface area contributed by atoms with Crippen molar-refractivity contribution in [2.45, 2.75) is 12.0 Å². The molecule has 57 heavy (non-hydrogen) atoms. The summed E-state index contributed by atoms with van der Waals surface area (Å²) in [5, 5.41) is 25.4. The number of nitriles is 2. The van der Waals surface area contributed by atoms with Crippen LogP contribution in [0.25, 0.3) is 54.6 Å². The third-order valence-corrected chi connectivity index (χ3v) is 12.1. The van der Waals surface area contributed by atoms with Crippen molar-refractivity contribution in [1.82, 2.24) is 4.57 Å². The molecule has 1 aromatic heterocycles. The minimum absolute atomic E-state index is 0.0148. The van der Waals surface area contributed by atoms with E-state index in [1.54, 1.807) is 0 Å². The summed E-state index contributed by atoms with van der Waals surface area (Å²) >= 11 is 0. The first-order chi connectivity index (χ1) is 28.2. The van der Waals surface area contributed by atoms with Crippen molar-refractivity contribution in [2.24, 2.45) is 0 Å². The number of hydrogen-bond acceptors (Lipinski definition) is 3. The van der Waals surface area contributed by atoms with Gasteiger partial charge in [-0.3, -0.25) is 0 Å². The van der Waals surface area contributed by atoms with Gasteiger partial charge in [-0.2, -0.15) is 10.5 Å². The van der Waals surface area contributed by atoms with Crippen LogP contribution in [0.5, 0.6) is 0 Å². The Bertz CT molecular complexity index is 3100. The number of nitrogens with zero attached hydrogens (tertiary/aromatic N) is 5. The summed E-state index contributed by atoms with van der Waals surface area (Å²) in [5.74, 6) is 0.0148. The molecule has 3 aliphatic rings. The quantitative estimate of drug-likeness (QED) is 0.135. The third-order valence-electron chi connectivity index (χ3n) is 12.1. The Hall–Kier alpha value is -7.85. The van der Waals surface area contributed by atoms with Gasteiger partial charge in [-0.05, 0) is 51.5 Å². The highest BCUT2D eigenvalue weighted by Crippen LogP contribution is 2.52. The van der Waals surface area contributed by atoms with Gasteiger partial charge in [-0.25, -0.2) is 4.85 Å². The molecule has 262 valence electrons. The lowest BCUT2D eigenvalue weighted by molar-refractivity contribution is 0.745. The second kappa shape index (κ2) is 12.6. The fourth-order valence-electron chi connectivity index (χ4n) is 9.93. The van der Waals surface area contributed by atoms with Crippen LogP contribution < -0.4 is 21.3 Å². The lowest BCUT2D eigenvalue weighted by atomic mass is 9.34. The van der Waals surface area contributed by atoms with E-state index in [4.69, 9.17) is 6.57 Å². The van der Waals surface area contributed by atoms with Gasteiger partial charge in [0, 0.05) is 22.4 Å². The molecule has 0 bridgehead atoms. The van der Waals surface area contributed by atoms with Crippen LogP contribution in [0, 0.1) is 29.2 Å². The highest BCUT2D eigenvalue weighted by Gasteiger charge is 2.44. The number of para-hydroxylation sites is 3. The number of fused-ring (bicyclic) bond motifs is 11. The van der Waals surface area contributed by atoms with E-state index in [9.17, 15) is 10.5 Å². The summed E-state index contributed by atoms with van der Waals surface area (Å²) in [5.41, 5.74) is 12.7. The van der Waals surface area contributed by atoms with Gasteiger partial charge in [0.2, 0.25) is 12.4 Å². The molecule has 6 heteroatoms. The average Bonchev–Trinajstić information content (AvgIpc) is 3.75. The van der Waals surface area contributed by atoms with Gasteiger partial charge in [0.25, 0.3) is 0 Å². The monoisotopic (exact) mass is 723 g/mol. The maximum absolute atomic E-state index is 11.7. The van der Waals surface area contributed by atoms with Crippen LogP contribution in [-0.4, -0.2) is 17.3 Å². The van der Waals surface area contributed by atoms with Gasteiger partial charge in [0.15, 0.2) is 0 Å². The molecule has 2 unspecified atom stereocenters. The highest BCUT2D eigenvalue weighted by atomic mass is 15.2. The summed E-state index contributed by atoms with van der Waals surface area (Å²) in [6.07, 6.45) is 8.51. The lowest BCUT2D eigenvalue weighted by Crippen LogP contribution is -2.54. The van der Waals surface area contributed by atoms with E-state index in [0.29, 0.717) is 33.7 Å². The van der Waals surface area contributed by atoms with Crippen molar-refractivity contribution in [2.75, 3.05) is 4.90 Å². The first-order valence-electron chi connectivity index (χ1n) is 19.1. The molecule has 8 aromatic rings. The maximum atomic E-state index is 11.7. The van der Waals surface area contributed by atoms with Crippen LogP contribution in [0.3, 0.4) is 0 Å². The molecular formula is C51H30BN5. The minimum Gasteiger partial charge on any atom is -0.342 e. The van der Waals surface area contributed by atoms with Crippen molar-refractivity contribution in [1.29, 1.82) is 10.5 Å². The molecule has 5 nitrogen and oxygen atoms in total. The van der Waals surface area contributed by atoms with Gasteiger partial charge in [0.1, 0.15) is 6.07 Å². The number of allylic oxidation sites excluding steroid dienone is 2. The summed E-state index contributed by atoms with van der Waals surface area (Å²) in [4.78, 5) is 6.65. The van der Waals surface area contributed by atoms with Gasteiger partial charge < -0.3 is 9.47 Å². The molecule has 0 amide bonds. The summed E-state index contributed by atoms with van der Waals surface area (Å²) in [7, 11) is 0. The van der Waals surface area contributed by atoms with Crippen LogP contribution in [0.2, 0.25) is 0 Å². The summed E-state index contributed by atoms with van der Waals surface area (Å²) in [6, 6.07) is 55.0. The van der Waals surface area contributed by atoms with Crippen molar-refractivity contribution in [3.8, 4) is 40.1 Å². The molecule has 2 atom stereocenters. The van der Waals surface area contributed by atoms with Crippen molar-refractivity contribution in [3.05, 3.63) is 198 Å². The molecule has 11 rings (SSSR count). The largest absolute Gasteiger partial charge is 0.342 e. The van der Waals surface area contributed by atoms with Crippen LogP contribution in [-0.2, 0) is 0 Å². The number of aromatic nitrogens is 1. The summed E-state index contributed by atoms with van der Waals surface area (Å²) < 4.78 is 2.10. The van der Waals surface area contributed by atoms with E-state index in [1.165, 1.54) is 0 Å². The first kappa shape index (κ1) is 32.6. The second-order valence-electron chi connectivity index (χ2n) is 14.8. The number of hydrogen-bond donors (Lipinski definition) is 0. The van der Waals surface area contributed by atoms with E-state index >= 15 is 0 Å². The van der Waals surface area contributed by atoms with Crippen LogP contribution in [0.1, 0.15) is 22.6 Å². The molecular weight excluding hydrogens is 693 g/mol. The topological polar surface area (TPSA) is 60.1 Å². The predicted molar refractivity (Wildman–Crippen MR) is 232 cm³/mol. The summed E-state index contributed by atoms with van der Waals surface area (Å²) in [6.45, 7) is 8.64. The van der Waals surface area contributed by atoms with Crippen molar-refractivity contribution >= 4 is 62.0 Å². The van der Waals surface area contributed by atoms with E-state index < -0.39 is 6.71 Å². The highest BCUT2D eigenvalue weighted by molar-refractivity contribution is 6.98. The zero-order valence-electron chi connectivity index (χ0n) is 30.6. The zero-order valence-corrected chi connectivity index (χ0v) is 30.6. The van der Waals surface area contributed by atoms with Crippen LogP contribution in [0.15, 0.2) is 170 Å². The molecule has 2 aliphatic heterocycles. The Morgan fingerprint density at radius 1 is 0.561 bits per heavy atom. The van der Waals surface area contributed by atoms with E-state index in [0.717, 1.165) is 66.2 Å². The Morgan fingerprint density at radius 2 is 1.09 bits per heavy atom. The fraction of sp³-hybridized carbons (Fsp3) is 0.0392. The van der Waals surface area contributed by atoms with E-state index in [2.05, 4.69) is 154 Å². The number of anilines is 2. The number of rotatable bonds is 3. The SMILES string of the molecule is [C-]#[N+]c1c(B2c3ccccc3-c3ccccc3-c3ccccc32)c(C#N)c(-n2c3ccccc3c3ccccc32)c(C#N)c1N1c2ccccc2C2C=CC=CC21. The first-order valence-corrected chi connectivity index (χ1v) is 19.1. The van der Waals surface area contributed by atoms with Crippen molar-refractivity contribution in [3.63, 3.8) is 0 Å². The zero-order chi connectivity index (χ0) is 38.2. The Kier molecular flexibility index (Phi) is 7.21. The molecule has 0 radical (unpaired) electrons. The lowest BCUT2D eigenvalue weighted by Gasteiger charge is -2.33. The number of benzene rings is 7.